The Bertz CT molecular complexity index is 1030. The van der Waals surface area contributed by atoms with Crippen LogP contribution in [-0.4, -0.2) is 53.8 Å². The first kappa shape index (κ1) is 23.6. The number of halogens is 1. The van der Waals surface area contributed by atoms with Gasteiger partial charge >= 0.3 is 0 Å². The second kappa shape index (κ2) is 10.6. The molecule has 2 aromatic carbocycles. The van der Waals surface area contributed by atoms with E-state index in [1.165, 1.54) is 11.1 Å². The Hall–Kier alpha value is -2.18. The van der Waals surface area contributed by atoms with Gasteiger partial charge in [0.25, 0.3) is 5.91 Å². The summed E-state index contributed by atoms with van der Waals surface area (Å²) in [6.07, 6.45) is 7.17. The Morgan fingerprint density at radius 1 is 0.853 bits per heavy atom. The number of piperidine rings is 2. The van der Waals surface area contributed by atoms with Crippen LogP contribution in [0.25, 0.3) is 0 Å². The lowest BCUT2D eigenvalue weighted by molar-refractivity contribution is -0.127. The van der Waals surface area contributed by atoms with Crippen molar-refractivity contribution in [1.82, 2.24) is 15.1 Å². The van der Waals surface area contributed by atoms with Crippen molar-refractivity contribution in [2.24, 2.45) is 5.92 Å². The van der Waals surface area contributed by atoms with E-state index >= 15 is 0 Å². The average Bonchev–Trinajstić information content (AvgIpc) is 2.89. The van der Waals surface area contributed by atoms with Gasteiger partial charge in [-0.25, -0.2) is 0 Å². The van der Waals surface area contributed by atoms with Crippen LogP contribution in [0.2, 0.25) is 0 Å². The van der Waals surface area contributed by atoms with E-state index < -0.39 is 0 Å². The molecule has 1 unspecified atom stereocenters. The van der Waals surface area contributed by atoms with Gasteiger partial charge < -0.3 is 15.1 Å². The second-order valence-electron chi connectivity index (χ2n) is 9.97. The number of nitrogens with one attached hydrogen (secondary N) is 1. The minimum atomic E-state index is 0.113. The number of amides is 2. The predicted octanol–water partition coefficient (Wildman–Crippen LogP) is 4.96. The molecule has 3 aliphatic rings. The molecule has 1 atom stereocenters. The van der Waals surface area contributed by atoms with E-state index in [4.69, 9.17) is 0 Å². The minimum Gasteiger partial charge on any atom is -0.349 e. The first-order valence-corrected chi connectivity index (χ1v) is 13.6. The third-order valence-corrected chi connectivity index (χ3v) is 8.65. The molecule has 0 aromatic heterocycles. The third-order valence-electron chi connectivity index (χ3n) is 7.96. The summed E-state index contributed by atoms with van der Waals surface area (Å²) in [5.41, 5.74) is 3.44. The molecule has 5 nitrogen and oxygen atoms in total. The predicted molar refractivity (Wildman–Crippen MR) is 138 cm³/mol. The van der Waals surface area contributed by atoms with Gasteiger partial charge in [-0.3, -0.25) is 9.59 Å². The SMILES string of the molecule is O=C(NC1CCCc2ccccc21)C1CCN(C2CCN(C(=O)c3ccccc3Br)CC2)CC1. The van der Waals surface area contributed by atoms with Crippen molar-refractivity contribution in [3.63, 3.8) is 0 Å². The van der Waals surface area contributed by atoms with Gasteiger partial charge in [-0.15, -0.1) is 0 Å². The summed E-state index contributed by atoms with van der Waals surface area (Å²) in [6.45, 7) is 3.54. The van der Waals surface area contributed by atoms with Crippen molar-refractivity contribution in [1.29, 1.82) is 0 Å². The van der Waals surface area contributed by atoms with Gasteiger partial charge in [-0.1, -0.05) is 36.4 Å². The van der Waals surface area contributed by atoms with E-state index in [2.05, 4.69) is 50.4 Å². The van der Waals surface area contributed by atoms with Crippen LogP contribution in [0.4, 0.5) is 0 Å². The Labute approximate surface area is 211 Å². The van der Waals surface area contributed by atoms with Crippen molar-refractivity contribution in [2.75, 3.05) is 26.2 Å². The molecule has 2 amide bonds. The molecule has 1 N–H and O–H groups in total. The summed E-state index contributed by atoms with van der Waals surface area (Å²) in [6, 6.07) is 16.9. The van der Waals surface area contributed by atoms with Crippen LogP contribution in [0, 0.1) is 5.92 Å². The lowest BCUT2D eigenvalue weighted by atomic mass is 9.86. The molecule has 34 heavy (non-hydrogen) atoms. The van der Waals surface area contributed by atoms with Crippen molar-refractivity contribution < 1.29 is 9.59 Å². The highest BCUT2D eigenvalue weighted by Gasteiger charge is 2.33. The molecule has 2 aromatic rings. The van der Waals surface area contributed by atoms with Crippen LogP contribution in [0.1, 0.15) is 66.1 Å². The van der Waals surface area contributed by atoms with Gasteiger partial charge in [0, 0.05) is 29.5 Å². The number of nitrogens with zero attached hydrogens (tertiary/aromatic N) is 2. The lowest BCUT2D eigenvalue weighted by Crippen LogP contribution is -2.50. The molecular weight excluding hydrogens is 490 g/mol. The number of carbonyl (C=O) groups is 2. The molecule has 2 fully saturated rings. The number of carbonyl (C=O) groups excluding carboxylic acids is 2. The van der Waals surface area contributed by atoms with Crippen LogP contribution in [-0.2, 0) is 11.2 Å². The van der Waals surface area contributed by atoms with Gasteiger partial charge in [0.1, 0.15) is 0 Å². The van der Waals surface area contributed by atoms with Gasteiger partial charge in [-0.2, -0.15) is 0 Å². The first-order valence-electron chi connectivity index (χ1n) is 12.8. The summed E-state index contributed by atoms with van der Waals surface area (Å²) in [4.78, 5) is 30.5. The normalized spacial score (nSPS) is 22.3. The van der Waals surface area contributed by atoms with Crippen LogP contribution in [0.3, 0.4) is 0 Å². The topological polar surface area (TPSA) is 52.7 Å². The van der Waals surface area contributed by atoms with Crippen LogP contribution in [0.5, 0.6) is 0 Å². The van der Waals surface area contributed by atoms with Crippen LogP contribution < -0.4 is 5.32 Å². The van der Waals surface area contributed by atoms with Crippen molar-refractivity contribution in [2.45, 2.75) is 57.0 Å². The van der Waals surface area contributed by atoms with Crippen molar-refractivity contribution >= 4 is 27.7 Å². The molecule has 0 radical (unpaired) electrons. The van der Waals surface area contributed by atoms with Crippen molar-refractivity contribution in [3.8, 4) is 0 Å². The fourth-order valence-corrected chi connectivity index (χ4v) is 6.41. The number of benzene rings is 2. The third kappa shape index (κ3) is 5.08. The Kier molecular flexibility index (Phi) is 7.35. The van der Waals surface area contributed by atoms with Crippen LogP contribution >= 0.6 is 15.9 Å². The highest BCUT2D eigenvalue weighted by atomic mass is 79.9. The molecule has 6 heteroatoms. The van der Waals surface area contributed by atoms with E-state index in [1.807, 2.05) is 29.2 Å². The quantitative estimate of drug-likeness (QED) is 0.616. The standard InChI is InChI=1S/C28H34BrN3O2/c29-25-10-4-3-9-24(25)28(34)32-18-14-22(15-19-32)31-16-12-21(13-17-31)27(33)30-26-11-5-7-20-6-1-2-8-23(20)26/h1-4,6,8-10,21-22,26H,5,7,11-19H2,(H,30,33). The molecule has 2 heterocycles. The molecule has 1 aliphatic carbocycles. The summed E-state index contributed by atoms with van der Waals surface area (Å²) in [5.74, 6) is 0.461. The number of hydrogen-bond donors (Lipinski definition) is 1. The van der Waals surface area contributed by atoms with E-state index in [0.29, 0.717) is 6.04 Å². The molecule has 0 bridgehead atoms. The zero-order valence-corrected chi connectivity index (χ0v) is 21.3. The highest BCUT2D eigenvalue weighted by Crippen LogP contribution is 2.31. The number of likely N-dealkylation sites (tertiary alicyclic amines) is 2. The maximum Gasteiger partial charge on any atom is 0.254 e. The number of hydrogen-bond acceptors (Lipinski definition) is 3. The fourth-order valence-electron chi connectivity index (χ4n) is 5.96. The largest absolute Gasteiger partial charge is 0.349 e. The first-order chi connectivity index (χ1) is 16.6. The summed E-state index contributed by atoms with van der Waals surface area (Å²) in [7, 11) is 0. The lowest BCUT2D eigenvalue weighted by Gasteiger charge is -2.41. The van der Waals surface area contributed by atoms with E-state index in [1.54, 1.807) is 0 Å². The average molecular weight is 525 g/mol. The number of aryl methyl sites for hydroxylation is 1. The van der Waals surface area contributed by atoms with Gasteiger partial charge in [0.15, 0.2) is 0 Å². The summed E-state index contributed by atoms with van der Waals surface area (Å²) >= 11 is 3.51. The molecule has 5 rings (SSSR count). The zero-order chi connectivity index (χ0) is 23.5. The van der Waals surface area contributed by atoms with E-state index in [0.717, 1.165) is 81.2 Å². The molecular formula is C28H34BrN3O2. The Balaban J connectivity index is 1.09. The fraction of sp³-hybridized carbons (Fsp3) is 0.500. The van der Waals surface area contributed by atoms with Gasteiger partial charge in [-0.05, 0) is 97.2 Å². The minimum absolute atomic E-state index is 0.113. The maximum atomic E-state index is 13.1. The van der Waals surface area contributed by atoms with Gasteiger partial charge in [0.05, 0.1) is 11.6 Å². The Morgan fingerprint density at radius 2 is 1.56 bits per heavy atom. The molecule has 0 spiro atoms. The number of rotatable bonds is 4. The Morgan fingerprint density at radius 3 is 2.32 bits per heavy atom. The van der Waals surface area contributed by atoms with Crippen LogP contribution in [0.15, 0.2) is 53.0 Å². The molecule has 0 saturated carbocycles. The number of fused-ring (bicyclic) bond motifs is 1. The maximum absolute atomic E-state index is 13.1. The molecule has 2 saturated heterocycles. The molecule has 180 valence electrons. The highest BCUT2D eigenvalue weighted by molar-refractivity contribution is 9.10. The van der Waals surface area contributed by atoms with E-state index in [9.17, 15) is 9.59 Å². The monoisotopic (exact) mass is 523 g/mol. The summed E-state index contributed by atoms with van der Waals surface area (Å²) < 4.78 is 0.860. The summed E-state index contributed by atoms with van der Waals surface area (Å²) in [5, 5.41) is 3.37. The van der Waals surface area contributed by atoms with Gasteiger partial charge in [0.2, 0.25) is 5.91 Å². The van der Waals surface area contributed by atoms with E-state index in [-0.39, 0.29) is 23.8 Å². The van der Waals surface area contributed by atoms with Crippen molar-refractivity contribution in [3.05, 3.63) is 69.7 Å². The second-order valence-corrected chi connectivity index (χ2v) is 10.8. The molecule has 2 aliphatic heterocycles. The smallest absolute Gasteiger partial charge is 0.254 e. The zero-order valence-electron chi connectivity index (χ0n) is 19.7.